The summed E-state index contributed by atoms with van der Waals surface area (Å²) in [6.45, 7) is 1.31. The molecule has 1 fully saturated rings. The topological polar surface area (TPSA) is 55.2 Å². The number of benzene rings is 3. The lowest BCUT2D eigenvalue weighted by atomic mass is 9.90. The number of alkyl halides is 3. The molecule has 5 rings (SSSR count). The standard InChI is InChI=1S/C29H26F3N3O2S/c30-29(31,32)22-9-6-10-23(18-22)35-27(37)24-11-4-5-12-25(24)33-28(35)38-19-26(36)34-15-13-21(14-16-34)17-20-7-2-1-3-8-20/h1-12,18,21H,13-17,19H2. The normalized spacial score (nSPS) is 14.7. The van der Waals surface area contributed by atoms with Crippen LogP contribution in [-0.4, -0.2) is 39.2 Å². The summed E-state index contributed by atoms with van der Waals surface area (Å²) in [6, 6.07) is 21.6. The fourth-order valence-corrected chi connectivity index (χ4v) is 5.73. The zero-order valence-electron chi connectivity index (χ0n) is 20.5. The second-order valence-corrected chi connectivity index (χ2v) is 10.3. The number of fused-ring (bicyclic) bond motifs is 1. The van der Waals surface area contributed by atoms with Crippen molar-refractivity contribution in [3.8, 4) is 5.69 Å². The molecule has 0 aliphatic carbocycles. The Balaban J connectivity index is 1.34. The fourth-order valence-electron chi connectivity index (χ4n) is 4.81. The van der Waals surface area contributed by atoms with Gasteiger partial charge in [0.25, 0.3) is 5.56 Å². The van der Waals surface area contributed by atoms with E-state index in [9.17, 15) is 22.8 Å². The van der Waals surface area contributed by atoms with E-state index in [1.165, 1.54) is 22.3 Å². The number of carbonyl (C=O) groups is 1. The summed E-state index contributed by atoms with van der Waals surface area (Å²) in [5, 5.41) is 0.474. The smallest absolute Gasteiger partial charge is 0.342 e. The molecule has 1 aliphatic heterocycles. The summed E-state index contributed by atoms with van der Waals surface area (Å²) >= 11 is 1.07. The molecule has 0 saturated carbocycles. The lowest BCUT2D eigenvalue weighted by molar-refractivity contribution is -0.137. The van der Waals surface area contributed by atoms with E-state index in [2.05, 4.69) is 17.1 Å². The Morgan fingerprint density at radius 2 is 1.66 bits per heavy atom. The van der Waals surface area contributed by atoms with E-state index in [1.54, 1.807) is 24.3 Å². The Morgan fingerprint density at radius 1 is 0.947 bits per heavy atom. The summed E-state index contributed by atoms with van der Waals surface area (Å²) in [7, 11) is 0. The van der Waals surface area contributed by atoms with Gasteiger partial charge in [-0.2, -0.15) is 13.2 Å². The van der Waals surface area contributed by atoms with Crippen LogP contribution in [0.1, 0.15) is 24.0 Å². The van der Waals surface area contributed by atoms with E-state index in [4.69, 9.17) is 0 Å². The van der Waals surface area contributed by atoms with Crippen molar-refractivity contribution < 1.29 is 18.0 Å². The number of hydrogen-bond donors (Lipinski definition) is 0. The van der Waals surface area contributed by atoms with Crippen LogP contribution in [0, 0.1) is 5.92 Å². The van der Waals surface area contributed by atoms with E-state index in [-0.39, 0.29) is 22.5 Å². The fraction of sp³-hybridized carbons (Fsp3) is 0.276. The van der Waals surface area contributed by atoms with Crippen LogP contribution in [-0.2, 0) is 17.4 Å². The SMILES string of the molecule is O=C(CSc1nc2ccccc2c(=O)n1-c1cccc(C(F)(F)F)c1)N1CCC(Cc2ccccc2)CC1. The maximum atomic E-state index is 13.4. The number of aromatic nitrogens is 2. The summed E-state index contributed by atoms with van der Waals surface area (Å²) in [5.74, 6) is 0.473. The van der Waals surface area contributed by atoms with Crippen LogP contribution in [0.5, 0.6) is 0 Å². The average molecular weight is 538 g/mol. The number of piperidine rings is 1. The Morgan fingerprint density at radius 3 is 2.39 bits per heavy atom. The van der Waals surface area contributed by atoms with Crippen molar-refractivity contribution in [2.75, 3.05) is 18.8 Å². The molecule has 196 valence electrons. The quantitative estimate of drug-likeness (QED) is 0.224. The molecular formula is C29H26F3N3O2S. The number of carbonyl (C=O) groups excluding carboxylic acids is 1. The molecule has 0 bridgehead atoms. The second-order valence-electron chi connectivity index (χ2n) is 9.40. The maximum absolute atomic E-state index is 13.4. The molecule has 1 aromatic heterocycles. The highest BCUT2D eigenvalue weighted by Crippen LogP contribution is 2.31. The number of nitrogens with zero attached hydrogens (tertiary/aromatic N) is 3. The van der Waals surface area contributed by atoms with Gasteiger partial charge in [0.05, 0.1) is 27.9 Å². The number of rotatable bonds is 6. The first kappa shape index (κ1) is 26.0. The van der Waals surface area contributed by atoms with Crippen LogP contribution in [0.15, 0.2) is 88.8 Å². The third-order valence-electron chi connectivity index (χ3n) is 6.84. The minimum absolute atomic E-state index is 0.0348. The Labute approximate surface area is 222 Å². The average Bonchev–Trinajstić information content (AvgIpc) is 2.92. The summed E-state index contributed by atoms with van der Waals surface area (Å²) < 4.78 is 41.3. The minimum atomic E-state index is -4.56. The van der Waals surface area contributed by atoms with Crippen LogP contribution in [0.25, 0.3) is 16.6 Å². The van der Waals surface area contributed by atoms with Crippen molar-refractivity contribution in [3.05, 3.63) is 100 Å². The Bertz CT molecular complexity index is 1500. The molecule has 38 heavy (non-hydrogen) atoms. The van der Waals surface area contributed by atoms with Gasteiger partial charge in [0.1, 0.15) is 0 Å². The summed E-state index contributed by atoms with van der Waals surface area (Å²) in [6.07, 6.45) is -1.75. The van der Waals surface area contributed by atoms with Crippen molar-refractivity contribution in [2.45, 2.75) is 30.6 Å². The molecule has 1 aliphatic rings. The van der Waals surface area contributed by atoms with Gasteiger partial charge < -0.3 is 4.90 Å². The first-order valence-electron chi connectivity index (χ1n) is 12.4. The molecule has 4 aromatic rings. The molecule has 1 saturated heterocycles. The number of thioether (sulfide) groups is 1. The number of hydrogen-bond acceptors (Lipinski definition) is 4. The van der Waals surface area contributed by atoms with Gasteiger partial charge in [0.2, 0.25) is 5.91 Å². The van der Waals surface area contributed by atoms with Crippen molar-refractivity contribution in [3.63, 3.8) is 0 Å². The lowest BCUT2D eigenvalue weighted by Crippen LogP contribution is -2.40. The molecule has 5 nitrogen and oxygen atoms in total. The van der Waals surface area contributed by atoms with Crippen molar-refractivity contribution in [1.82, 2.24) is 14.5 Å². The Hall–Kier alpha value is -3.59. The van der Waals surface area contributed by atoms with Gasteiger partial charge in [0, 0.05) is 13.1 Å². The largest absolute Gasteiger partial charge is 0.416 e. The van der Waals surface area contributed by atoms with Gasteiger partial charge >= 0.3 is 6.18 Å². The highest BCUT2D eigenvalue weighted by Gasteiger charge is 2.31. The van der Waals surface area contributed by atoms with Gasteiger partial charge in [-0.3, -0.25) is 14.2 Å². The Kier molecular flexibility index (Phi) is 7.56. The van der Waals surface area contributed by atoms with Crippen LogP contribution in [0.3, 0.4) is 0 Å². The van der Waals surface area contributed by atoms with Gasteiger partial charge in [-0.25, -0.2) is 4.98 Å². The summed E-state index contributed by atoms with van der Waals surface area (Å²) in [5.41, 5.74) is 0.437. The van der Waals surface area contributed by atoms with Crippen LogP contribution in [0.2, 0.25) is 0 Å². The van der Waals surface area contributed by atoms with E-state index < -0.39 is 17.3 Å². The molecular weight excluding hydrogens is 511 g/mol. The molecule has 1 amide bonds. The number of likely N-dealkylation sites (tertiary alicyclic amines) is 1. The maximum Gasteiger partial charge on any atom is 0.416 e. The van der Waals surface area contributed by atoms with Gasteiger partial charge in [-0.05, 0) is 61.1 Å². The zero-order valence-corrected chi connectivity index (χ0v) is 21.3. The van der Waals surface area contributed by atoms with Crippen LogP contribution < -0.4 is 5.56 Å². The predicted octanol–water partition coefficient (Wildman–Crippen LogP) is 5.98. The zero-order chi connectivity index (χ0) is 26.7. The van der Waals surface area contributed by atoms with Crippen molar-refractivity contribution in [1.29, 1.82) is 0 Å². The molecule has 9 heteroatoms. The molecule has 0 spiro atoms. The first-order valence-corrected chi connectivity index (χ1v) is 13.4. The molecule has 0 radical (unpaired) electrons. The van der Waals surface area contributed by atoms with Crippen LogP contribution >= 0.6 is 11.8 Å². The number of amides is 1. The predicted molar refractivity (Wildman–Crippen MR) is 143 cm³/mol. The molecule has 0 N–H and O–H groups in total. The van der Waals surface area contributed by atoms with Gasteiger partial charge in [-0.15, -0.1) is 0 Å². The lowest BCUT2D eigenvalue weighted by Gasteiger charge is -2.32. The van der Waals surface area contributed by atoms with E-state index in [0.29, 0.717) is 29.9 Å². The van der Waals surface area contributed by atoms with E-state index >= 15 is 0 Å². The number of para-hydroxylation sites is 1. The number of halogens is 3. The van der Waals surface area contributed by atoms with Crippen LogP contribution in [0.4, 0.5) is 13.2 Å². The third kappa shape index (κ3) is 5.78. The van der Waals surface area contributed by atoms with Crippen molar-refractivity contribution >= 4 is 28.6 Å². The highest BCUT2D eigenvalue weighted by molar-refractivity contribution is 7.99. The van der Waals surface area contributed by atoms with Gasteiger partial charge in [-0.1, -0.05) is 60.3 Å². The molecule has 3 aromatic carbocycles. The summed E-state index contributed by atoms with van der Waals surface area (Å²) in [4.78, 5) is 32.8. The van der Waals surface area contributed by atoms with E-state index in [0.717, 1.165) is 43.2 Å². The monoisotopic (exact) mass is 537 g/mol. The molecule has 2 heterocycles. The molecule has 0 unspecified atom stereocenters. The van der Waals surface area contributed by atoms with E-state index in [1.807, 2.05) is 23.1 Å². The molecule has 0 atom stereocenters. The third-order valence-corrected chi connectivity index (χ3v) is 7.76. The van der Waals surface area contributed by atoms with Gasteiger partial charge in [0.15, 0.2) is 5.16 Å². The minimum Gasteiger partial charge on any atom is -0.342 e. The van der Waals surface area contributed by atoms with Crippen molar-refractivity contribution in [2.24, 2.45) is 5.92 Å². The first-order chi connectivity index (χ1) is 18.3. The second kappa shape index (κ2) is 11.0. The highest BCUT2D eigenvalue weighted by atomic mass is 32.2.